The van der Waals surface area contributed by atoms with Crippen LogP contribution in [0.25, 0.3) is 0 Å². The van der Waals surface area contributed by atoms with E-state index in [4.69, 9.17) is 15.2 Å². The minimum absolute atomic E-state index is 0.0773. The lowest BCUT2D eigenvalue weighted by molar-refractivity contribution is 0.171. The Hall–Kier alpha value is -1.38. The molecule has 1 aromatic carbocycles. The van der Waals surface area contributed by atoms with E-state index in [2.05, 4.69) is 16.9 Å². The van der Waals surface area contributed by atoms with E-state index in [-0.39, 0.29) is 16.4 Å². The van der Waals surface area contributed by atoms with Crippen LogP contribution < -0.4 is 19.9 Å². The second-order valence-corrected chi connectivity index (χ2v) is 5.89. The molecule has 6 nitrogen and oxygen atoms in total. The van der Waals surface area contributed by atoms with Gasteiger partial charge in [0.15, 0.2) is 11.5 Å². The molecule has 0 bridgehead atoms. The van der Waals surface area contributed by atoms with Gasteiger partial charge in [-0.1, -0.05) is 12.2 Å². The SMILES string of the molecule is NC(=S)CNS(=O)(=O)c1ccc2c(c1)OCCO2. The van der Waals surface area contributed by atoms with E-state index >= 15 is 0 Å². The van der Waals surface area contributed by atoms with Gasteiger partial charge >= 0.3 is 0 Å². The third-order valence-corrected chi connectivity index (χ3v) is 3.80. The van der Waals surface area contributed by atoms with Crippen LogP contribution >= 0.6 is 12.2 Å². The Morgan fingerprint density at radius 1 is 1.33 bits per heavy atom. The molecule has 1 heterocycles. The highest BCUT2D eigenvalue weighted by atomic mass is 32.2. The summed E-state index contributed by atoms with van der Waals surface area (Å²) in [5, 5.41) is 0. The summed E-state index contributed by atoms with van der Waals surface area (Å²) >= 11 is 4.62. The third kappa shape index (κ3) is 2.89. The van der Waals surface area contributed by atoms with E-state index in [1.54, 1.807) is 6.07 Å². The molecule has 0 unspecified atom stereocenters. The Bertz CT molecular complexity index is 571. The summed E-state index contributed by atoms with van der Waals surface area (Å²) in [7, 11) is -3.64. The number of ether oxygens (including phenoxy) is 2. The van der Waals surface area contributed by atoms with Crippen molar-refractivity contribution in [3.8, 4) is 11.5 Å². The topological polar surface area (TPSA) is 90.7 Å². The molecule has 0 atom stereocenters. The zero-order chi connectivity index (χ0) is 13.2. The van der Waals surface area contributed by atoms with Gasteiger partial charge in [0.25, 0.3) is 0 Å². The lowest BCUT2D eigenvalue weighted by Gasteiger charge is -2.18. The molecule has 1 aliphatic heterocycles. The fraction of sp³-hybridized carbons (Fsp3) is 0.300. The van der Waals surface area contributed by atoms with Crippen molar-refractivity contribution in [2.75, 3.05) is 19.8 Å². The Morgan fingerprint density at radius 3 is 2.67 bits per heavy atom. The van der Waals surface area contributed by atoms with Crippen LogP contribution in [-0.2, 0) is 10.0 Å². The van der Waals surface area contributed by atoms with Crippen LogP contribution in [0.3, 0.4) is 0 Å². The second kappa shape index (κ2) is 5.09. The molecule has 98 valence electrons. The number of thiocarbonyl (C=S) groups is 1. The largest absolute Gasteiger partial charge is 0.486 e. The molecule has 0 aromatic heterocycles. The molecule has 0 spiro atoms. The number of hydrogen-bond donors (Lipinski definition) is 2. The van der Waals surface area contributed by atoms with E-state index in [0.29, 0.717) is 24.7 Å². The van der Waals surface area contributed by atoms with Crippen molar-refractivity contribution in [3.63, 3.8) is 0 Å². The number of sulfonamides is 1. The summed E-state index contributed by atoms with van der Waals surface area (Å²) in [6.07, 6.45) is 0. The highest BCUT2D eigenvalue weighted by Crippen LogP contribution is 2.32. The van der Waals surface area contributed by atoms with E-state index in [1.165, 1.54) is 12.1 Å². The predicted octanol–water partition coefficient (Wildman–Crippen LogP) is 0.0222. The van der Waals surface area contributed by atoms with Gasteiger partial charge in [0.05, 0.1) is 16.4 Å². The third-order valence-electron chi connectivity index (χ3n) is 2.26. The normalized spacial score (nSPS) is 14.2. The van der Waals surface area contributed by atoms with Crippen molar-refractivity contribution >= 4 is 27.2 Å². The number of benzene rings is 1. The van der Waals surface area contributed by atoms with Gasteiger partial charge in [-0.3, -0.25) is 0 Å². The zero-order valence-corrected chi connectivity index (χ0v) is 11.0. The molecule has 2 rings (SSSR count). The average Bonchev–Trinajstić information content (AvgIpc) is 2.36. The minimum Gasteiger partial charge on any atom is -0.486 e. The molecule has 0 saturated carbocycles. The van der Waals surface area contributed by atoms with Gasteiger partial charge in [-0.25, -0.2) is 13.1 Å². The van der Waals surface area contributed by atoms with Gasteiger partial charge in [-0.15, -0.1) is 0 Å². The minimum atomic E-state index is -3.64. The van der Waals surface area contributed by atoms with Crippen molar-refractivity contribution in [3.05, 3.63) is 18.2 Å². The summed E-state index contributed by atoms with van der Waals surface area (Å²) in [4.78, 5) is 0.166. The van der Waals surface area contributed by atoms with E-state index in [1.807, 2.05) is 0 Å². The molecule has 18 heavy (non-hydrogen) atoms. The monoisotopic (exact) mass is 288 g/mol. The quantitative estimate of drug-likeness (QED) is 0.759. The summed E-state index contributed by atoms with van der Waals surface area (Å²) in [5.41, 5.74) is 5.25. The first-order chi connectivity index (χ1) is 8.49. The van der Waals surface area contributed by atoms with E-state index < -0.39 is 10.0 Å². The first-order valence-electron chi connectivity index (χ1n) is 5.17. The van der Waals surface area contributed by atoms with Gasteiger partial charge in [0, 0.05) is 6.07 Å². The molecule has 8 heteroatoms. The summed E-state index contributed by atoms with van der Waals surface area (Å²) in [6.45, 7) is 0.779. The first kappa shape index (κ1) is 13.1. The van der Waals surface area contributed by atoms with Gasteiger partial charge in [0.2, 0.25) is 10.0 Å². The van der Waals surface area contributed by atoms with Crippen molar-refractivity contribution in [1.82, 2.24) is 4.72 Å². The van der Waals surface area contributed by atoms with Crippen molar-refractivity contribution in [2.24, 2.45) is 5.73 Å². The predicted molar refractivity (Wildman–Crippen MR) is 69.4 cm³/mol. The number of nitrogens with two attached hydrogens (primary N) is 1. The van der Waals surface area contributed by atoms with Gasteiger partial charge < -0.3 is 15.2 Å². The summed E-state index contributed by atoms with van der Waals surface area (Å²) in [5.74, 6) is 0.953. The molecule has 1 aromatic rings. The summed E-state index contributed by atoms with van der Waals surface area (Å²) in [6, 6.07) is 4.41. The molecule has 0 aliphatic carbocycles. The Morgan fingerprint density at radius 2 is 2.00 bits per heavy atom. The molecule has 0 saturated heterocycles. The second-order valence-electron chi connectivity index (χ2n) is 3.60. The lowest BCUT2D eigenvalue weighted by Crippen LogP contribution is -2.32. The van der Waals surface area contributed by atoms with Crippen LogP contribution in [0.15, 0.2) is 23.1 Å². The van der Waals surface area contributed by atoms with Gasteiger partial charge in [-0.2, -0.15) is 0 Å². The Balaban J connectivity index is 2.25. The standard InChI is InChI=1S/C10H12N2O4S2/c11-10(17)6-12-18(13,14)7-1-2-8-9(5-7)16-4-3-15-8/h1-2,5,12H,3-4,6H2,(H2,11,17). The average molecular weight is 288 g/mol. The highest BCUT2D eigenvalue weighted by molar-refractivity contribution is 7.89. The van der Waals surface area contributed by atoms with Crippen LogP contribution in [0.4, 0.5) is 0 Å². The Kier molecular flexibility index (Phi) is 3.69. The Labute approximate surface area is 110 Å². The molecule has 0 fully saturated rings. The van der Waals surface area contributed by atoms with Crippen LogP contribution in [0, 0.1) is 0 Å². The van der Waals surface area contributed by atoms with E-state index in [9.17, 15) is 8.42 Å². The van der Waals surface area contributed by atoms with Gasteiger partial charge in [-0.05, 0) is 12.1 Å². The lowest BCUT2D eigenvalue weighted by atomic mass is 10.3. The highest BCUT2D eigenvalue weighted by Gasteiger charge is 2.19. The number of hydrogen-bond acceptors (Lipinski definition) is 5. The number of fused-ring (bicyclic) bond motifs is 1. The summed E-state index contributed by atoms with van der Waals surface area (Å²) < 4.78 is 36.7. The van der Waals surface area contributed by atoms with Crippen molar-refractivity contribution in [2.45, 2.75) is 4.90 Å². The van der Waals surface area contributed by atoms with E-state index in [0.717, 1.165) is 0 Å². The number of nitrogens with one attached hydrogen (secondary N) is 1. The first-order valence-corrected chi connectivity index (χ1v) is 7.06. The molecular formula is C10H12N2O4S2. The van der Waals surface area contributed by atoms with Crippen LogP contribution in [-0.4, -0.2) is 33.2 Å². The smallest absolute Gasteiger partial charge is 0.241 e. The number of rotatable bonds is 4. The maximum Gasteiger partial charge on any atom is 0.241 e. The zero-order valence-electron chi connectivity index (χ0n) is 9.38. The van der Waals surface area contributed by atoms with Crippen LogP contribution in [0.2, 0.25) is 0 Å². The molecule has 3 N–H and O–H groups in total. The molecular weight excluding hydrogens is 276 g/mol. The van der Waals surface area contributed by atoms with Gasteiger partial charge in [0.1, 0.15) is 13.2 Å². The molecule has 1 aliphatic rings. The van der Waals surface area contributed by atoms with Crippen LogP contribution in [0.1, 0.15) is 0 Å². The maximum atomic E-state index is 11.9. The fourth-order valence-corrected chi connectivity index (χ4v) is 2.63. The van der Waals surface area contributed by atoms with Crippen molar-refractivity contribution < 1.29 is 17.9 Å². The maximum absolute atomic E-state index is 11.9. The van der Waals surface area contributed by atoms with Crippen LogP contribution in [0.5, 0.6) is 11.5 Å². The molecule has 0 radical (unpaired) electrons. The fourth-order valence-electron chi connectivity index (χ4n) is 1.44. The molecule has 0 amide bonds. The van der Waals surface area contributed by atoms with Crippen molar-refractivity contribution in [1.29, 1.82) is 0 Å².